The molecule has 0 N–H and O–H groups in total. The van der Waals surface area contributed by atoms with Gasteiger partial charge in [0, 0.05) is 16.5 Å². The molecular formula is C20H17N3O2. The van der Waals surface area contributed by atoms with Crippen molar-refractivity contribution in [3.63, 3.8) is 0 Å². The van der Waals surface area contributed by atoms with Crippen LogP contribution in [0, 0.1) is 6.92 Å². The highest BCUT2D eigenvalue weighted by Gasteiger charge is 2.13. The number of fused-ring (bicyclic) bond motifs is 2. The number of hydrogen-bond acceptors (Lipinski definition) is 5. The first-order chi connectivity index (χ1) is 12.3. The first-order valence-electron chi connectivity index (χ1n) is 8.02. The standard InChI is InChI=1S/C20H17N3O2/c1-13-16-9-10-18(20(24-2)19(16)22-12-21-13)25-11-15-8-7-14-5-3-4-6-17(14)23-15/h3-10,12H,11H2,1-2H3. The zero-order valence-electron chi connectivity index (χ0n) is 14.1. The van der Waals surface area contributed by atoms with Crippen molar-refractivity contribution < 1.29 is 9.47 Å². The van der Waals surface area contributed by atoms with Crippen LogP contribution in [0.1, 0.15) is 11.4 Å². The van der Waals surface area contributed by atoms with Gasteiger partial charge < -0.3 is 9.47 Å². The van der Waals surface area contributed by atoms with Gasteiger partial charge in [-0.25, -0.2) is 15.0 Å². The van der Waals surface area contributed by atoms with Crippen LogP contribution >= 0.6 is 0 Å². The van der Waals surface area contributed by atoms with Crippen LogP contribution in [0.4, 0.5) is 0 Å². The summed E-state index contributed by atoms with van der Waals surface area (Å²) in [6.07, 6.45) is 1.54. The maximum atomic E-state index is 5.96. The Morgan fingerprint density at radius 2 is 1.84 bits per heavy atom. The van der Waals surface area contributed by atoms with E-state index in [-0.39, 0.29) is 0 Å². The normalized spacial score (nSPS) is 11.0. The minimum Gasteiger partial charge on any atom is -0.491 e. The molecule has 0 aliphatic heterocycles. The fourth-order valence-electron chi connectivity index (χ4n) is 2.87. The highest BCUT2D eigenvalue weighted by atomic mass is 16.5. The lowest BCUT2D eigenvalue weighted by molar-refractivity contribution is 0.282. The molecule has 0 fully saturated rings. The Morgan fingerprint density at radius 3 is 2.72 bits per heavy atom. The predicted octanol–water partition coefficient (Wildman–Crippen LogP) is 4.07. The average molecular weight is 331 g/mol. The molecule has 0 aliphatic rings. The Kier molecular flexibility index (Phi) is 3.90. The molecular weight excluding hydrogens is 314 g/mol. The van der Waals surface area contributed by atoms with E-state index < -0.39 is 0 Å². The first-order valence-corrected chi connectivity index (χ1v) is 8.02. The number of nitrogens with zero attached hydrogens (tertiary/aromatic N) is 3. The Labute approximate surface area is 145 Å². The molecule has 0 atom stereocenters. The van der Waals surface area contributed by atoms with Crippen LogP contribution in [0.5, 0.6) is 11.5 Å². The van der Waals surface area contributed by atoms with Crippen molar-refractivity contribution in [1.82, 2.24) is 15.0 Å². The lowest BCUT2D eigenvalue weighted by Crippen LogP contribution is -2.01. The van der Waals surface area contributed by atoms with Crippen LogP contribution in [-0.2, 0) is 6.61 Å². The number of rotatable bonds is 4. The Hall–Kier alpha value is -3.21. The van der Waals surface area contributed by atoms with Gasteiger partial charge in [-0.05, 0) is 31.2 Å². The summed E-state index contributed by atoms with van der Waals surface area (Å²) in [6.45, 7) is 2.31. The predicted molar refractivity (Wildman–Crippen MR) is 96.9 cm³/mol. The lowest BCUT2D eigenvalue weighted by Gasteiger charge is -2.13. The van der Waals surface area contributed by atoms with Crippen LogP contribution in [-0.4, -0.2) is 22.1 Å². The number of para-hydroxylation sites is 1. The number of pyridine rings is 1. The minimum atomic E-state index is 0.358. The fraction of sp³-hybridized carbons (Fsp3) is 0.150. The molecule has 5 nitrogen and oxygen atoms in total. The molecule has 25 heavy (non-hydrogen) atoms. The molecule has 2 heterocycles. The van der Waals surface area contributed by atoms with Crippen molar-refractivity contribution in [2.24, 2.45) is 0 Å². The molecule has 2 aromatic carbocycles. The molecule has 0 spiro atoms. The van der Waals surface area contributed by atoms with E-state index in [0.717, 1.165) is 33.2 Å². The smallest absolute Gasteiger partial charge is 0.187 e. The second-order valence-electron chi connectivity index (χ2n) is 5.74. The molecule has 124 valence electrons. The third kappa shape index (κ3) is 2.85. The third-order valence-electron chi connectivity index (χ3n) is 4.16. The van der Waals surface area contributed by atoms with Crippen molar-refractivity contribution in [3.05, 3.63) is 66.2 Å². The second-order valence-corrected chi connectivity index (χ2v) is 5.74. The first kappa shape index (κ1) is 15.3. The van der Waals surface area contributed by atoms with Gasteiger partial charge in [0.15, 0.2) is 11.5 Å². The van der Waals surface area contributed by atoms with E-state index in [2.05, 4.69) is 21.0 Å². The minimum absolute atomic E-state index is 0.358. The SMILES string of the molecule is COc1c(OCc2ccc3ccccc3n2)ccc2c(C)ncnc12. The van der Waals surface area contributed by atoms with Crippen molar-refractivity contribution in [2.75, 3.05) is 7.11 Å². The number of ether oxygens (including phenoxy) is 2. The summed E-state index contributed by atoms with van der Waals surface area (Å²) >= 11 is 0. The summed E-state index contributed by atoms with van der Waals surface area (Å²) in [5, 5.41) is 2.07. The highest BCUT2D eigenvalue weighted by molar-refractivity contribution is 5.88. The van der Waals surface area contributed by atoms with Gasteiger partial charge in [0.2, 0.25) is 0 Å². The maximum Gasteiger partial charge on any atom is 0.187 e. The summed E-state index contributed by atoms with van der Waals surface area (Å²) in [7, 11) is 1.62. The van der Waals surface area contributed by atoms with E-state index in [0.29, 0.717) is 18.1 Å². The van der Waals surface area contributed by atoms with Gasteiger partial charge in [-0.15, -0.1) is 0 Å². The second kappa shape index (κ2) is 6.36. The fourth-order valence-corrected chi connectivity index (χ4v) is 2.87. The summed E-state index contributed by atoms with van der Waals surface area (Å²) in [5.74, 6) is 1.26. The third-order valence-corrected chi connectivity index (χ3v) is 4.16. The van der Waals surface area contributed by atoms with E-state index >= 15 is 0 Å². The van der Waals surface area contributed by atoms with E-state index in [1.54, 1.807) is 7.11 Å². The summed E-state index contributed by atoms with van der Waals surface area (Å²) < 4.78 is 11.5. The topological polar surface area (TPSA) is 57.1 Å². The van der Waals surface area contributed by atoms with Crippen molar-refractivity contribution in [2.45, 2.75) is 13.5 Å². The number of aryl methyl sites for hydroxylation is 1. The molecule has 0 saturated carbocycles. The van der Waals surface area contributed by atoms with E-state index in [1.807, 2.05) is 49.4 Å². The quantitative estimate of drug-likeness (QED) is 0.564. The molecule has 0 radical (unpaired) electrons. The maximum absolute atomic E-state index is 5.96. The van der Waals surface area contributed by atoms with Crippen LogP contribution in [0.25, 0.3) is 21.8 Å². The van der Waals surface area contributed by atoms with Gasteiger partial charge in [-0.3, -0.25) is 0 Å². The summed E-state index contributed by atoms with van der Waals surface area (Å²) in [6, 6.07) is 15.9. The molecule has 2 aromatic heterocycles. The number of benzene rings is 2. The lowest BCUT2D eigenvalue weighted by atomic mass is 10.1. The zero-order valence-corrected chi connectivity index (χ0v) is 14.1. The Morgan fingerprint density at radius 1 is 0.960 bits per heavy atom. The Bertz CT molecular complexity index is 1060. The number of methoxy groups -OCH3 is 1. The molecule has 0 amide bonds. The van der Waals surface area contributed by atoms with E-state index in [9.17, 15) is 0 Å². The van der Waals surface area contributed by atoms with Crippen LogP contribution < -0.4 is 9.47 Å². The zero-order chi connectivity index (χ0) is 17.2. The monoisotopic (exact) mass is 331 g/mol. The van der Waals surface area contributed by atoms with Gasteiger partial charge in [-0.1, -0.05) is 24.3 Å². The van der Waals surface area contributed by atoms with Crippen LogP contribution in [0.3, 0.4) is 0 Å². The largest absolute Gasteiger partial charge is 0.491 e. The highest BCUT2D eigenvalue weighted by Crippen LogP contribution is 2.35. The molecule has 5 heteroatoms. The molecule has 0 saturated heterocycles. The molecule has 4 rings (SSSR count). The van der Waals surface area contributed by atoms with E-state index in [1.165, 1.54) is 6.33 Å². The van der Waals surface area contributed by atoms with Gasteiger partial charge in [-0.2, -0.15) is 0 Å². The van der Waals surface area contributed by atoms with Gasteiger partial charge >= 0.3 is 0 Å². The van der Waals surface area contributed by atoms with Gasteiger partial charge in [0.05, 0.1) is 18.3 Å². The molecule has 4 aromatic rings. The molecule has 0 bridgehead atoms. The summed E-state index contributed by atoms with van der Waals surface area (Å²) in [5.41, 5.74) is 3.47. The summed E-state index contributed by atoms with van der Waals surface area (Å²) in [4.78, 5) is 13.2. The molecule has 0 unspecified atom stereocenters. The van der Waals surface area contributed by atoms with Gasteiger partial charge in [0.25, 0.3) is 0 Å². The Balaban J connectivity index is 1.65. The van der Waals surface area contributed by atoms with Gasteiger partial charge in [0.1, 0.15) is 18.5 Å². The van der Waals surface area contributed by atoms with Crippen molar-refractivity contribution in [1.29, 1.82) is 0 Å². The average Bonchev–Trinajstić information content (AvgIpc) is 2.66. The molecule has 0 aliphatic carbocycles. The van der Waals surface area contributed by atoms with Crippen LogP contribution in [0.15, 0.2) is 54.9 Å². The van der Waals surface area contributed by atoms with E-state index in [4.69, 9.17) is 9.47 Å². The van der Waals surface area contributed by atoms with Crippen LogP contribution in [0.2, 0.25) is 0 Å². The van der Waals surface area contributed by atoms with Crippen molar-refractivity contribution >= 4 is 21.8 Å². The number of aromatic nitrogens is 3. The number of hydrogen-bond donors (Lipinski definition) is 0. The van der Waals surface area contributed by atoms with Crippen molar-refractivity contribution in [3.8, 4) is 11.5 Å².